The molecule has 3 aromatic carbocycles. The molecule has 4 aromatic rings. The highest BCUT2D eigenvalue weighted by atomic mass is 19.1. The number of nitrogens with zero attached hydrogens (tertiary/aromatic N) is 1. The first-order valence-electron chi connectivity index (χ1n) is 13.1. The summed E-state index contributed by atoms with van der Waals surface area (Å²) in [6.45, 7) is 2.76. The van der Waals surface area contributed by atoms with E-state index in [2.05, 4.69) is 46.5 Å². The first kappa shape index (κ1) is 28.6. The number of aromatic nitrogens is 1. The van der Waals surface area contributed by atoms with Crippen LogP contribution in [-0.4, -0.2) is 34.7 Å². The number of aryl methyl sites for hydroxylation is 1. The van der Waals surface area contributed by atoms with Crippen molar-refractivity contribution in [2.75, 3.05) is 6.54 Å². The van der Waals surface area contributed by atoms with Crippen LogP contribution in [-0.2, 0) is 19.4 Å². The van der Waals surface area contributed by atoms with Gasteiger partial charge in [0.15, 0.2) is 0 Å². The topological polar surface area (TPSA) is 74.2 Å². The molecule has 40 heavy (non-hydrogen) atoms. The van der Waals surface area contributed by atoms with Gasteiger partial charge >= 0.3 is 0 Å². The van der Waals surface area contributed by atoms with E-state index in [1.54, 1.807) is 12.3 Å². The largest absolute Gasteiger partial charge is 0.390 e. The molecule has 7 heteroatoms. The summed E-state index contributed by atoms with van der Waals surface area (Å²) >= 11 is 0. The van der Waals surface area contributed by atoms with Crippen molar-refractivity contribution < 1.29 is 18.7 Å². The fourth-order valence-corrected chi connectivity index (χ4v) is 4.28. The Balaban J connectivity index is 1.47. The molecule has 2 atom stereocenters. The fourth-order valence-electron chi connectivity index (χ4n) is 4.28. The zero-order valence-electron chi connectivity index (χ0n) is 22.2. The van der Waals surface area contributed by atoms with Gasteiger partial charge in [0.05, 0.1) is 17.7 Å². The van der Waals surface area contributed by atoms with Crippen LogP contribution in [0, 0.1) is 23.5 Å². The van der Waals surface area contributed by atoms with Gasteiger partial charge in [0, 0.05) is 42.7 Å². The van der Waals surface area contributed by atoms with Gasteiger partial charge in [0.2, 0.25) is 0 Å². The third kappa shape index (κ3) is 8.57. The first-order chi connectivity index (χ1) is 19.4. The number of hydrogen-bond donors (Lipinski definition) is 3. The maximum absolute atomic E-state index is 13.9. The summed E-state index contributed by atoms with van der Waals surface area (Å²) < 4.78 is 27.8. The number of aliphatic hydroxyl groups is 1. The smallest absolute Gasteiger partial charge is 0.253 e. The molecular weight excluding hydrogens is 508 g/mol. The Morgan fingerprint density at radius 3 is 2.35 bits per heavy atom. The van der Waals surface area contributed by atoms with Gasteiger partial charge in [-0.1, -0.05) is 61.2 Å². The maximum atomic E-state index is 13.9. The number of hydrogen-bond acceptors (Lipinski definition) is 4. The summed E-state index contributed by atoms with van der Waals surface area (Å²) in [6.07, 6.45) is 2.87. The Morgan fingerprint density at radius 1 is 0.875 bits per heavy atom. The molecule has 4 rings (SSSR count). The molecule has 3 N–H and O–H groups in total. The fraction of sp³-hybridized carbons (Fsp3) is 0.212. The molecule has 0 aliphatic rings. The van der Waals surface area contributed by atoms with Crippen LogP contribution >= 0.6 is 0 Å². The molecule has 0 saturated heterocycles. The Labute approximate surface area is 233 Å². The van der Waals surface area contributed by atoms with Crippen molar-refractivity contribution in [3.05, 3.63) is 136 Å². The van der Waals surface area contributed by atoms with E-state index in [1.165, 1.54) is 23.9 Å². The molecule has 0 unspecified atom stereocenters. The number of amides is 1. The average molecular weight is 540 g/mol. The Kier molecular flexibility index (Phi) is 10.1. The zero-order valence-corrected chi connectivity index (χ0v) is 22.2. The van der Waals surface area contributed by atoms with Crippen LogP contribution in [0.3, 0.4) is 0 Å². The number of rotatable bonds is 10. The van der Waals surface area contributed by atoms with Gasteiger partial charge in [-0.3, -0.25) is 9.78 Å². The van der Waals surface area contributed by atoms with Crippen molar-refractivity contribution in [1.82, 2.24) is 15.6 Å². The second-order valence-electron chi connectivity index (χ2n) is 9.51. The second-order valence-corrected chi connectivity index (χ2v) is 9.51. The lowest BCUT2D eigenvalue weighted by molar-refractivity contribution is 0.0829. The van der Waals surface area contributed by atoms with Gasteiger partial charge in [0.25, 0.3) is 5.91 Å². The molecule has 1 amide bonds. The van der Waals surface area contributed by atoms with Gasteiger partial charge in [-0.2, -0.15) is 0 Å². The lowest BCUT2D eigenvalue weighted by Gasteiger charge is -2.25. The third-order valence-electron chi connectivity index (χ3n) is 6.37. The summed E-state index contributed by atoms with van der Waals surface area (Å²) in [5.41, 5.74) is 4.24. The molecule has 5 nitrogen and oxygen atoms in total. The van der Waals surface area contributed by atoms with Crippen LogP contribution in [0.15, 0.2) is 91.3 Å². The SMILES string of the molecule is CCc1cccc(CNC[C@H](O)[C@@H](Cc2cc(F)cc(F)c2)NC(=O)c2cncc(C#Cc3ccccc3)c2)c1. The quantitative estimate of drug-likeness (QED) is 0.253. The maximum Gasteiger partial charge on any atom is 0.253 e. The Morgan fingerprint density at radius 2 is 1.60 bits per heavy atom. The number of aliphatic hydroxyl groups excluding tert-OH is 1. The van der Waals surface area contributed by atoms with Crippen molar-refractivity contribution in [2.24, 2.45) is 0 Å². The van der Waals surface area contributed by atoms with E-state index < -0.39 is 29.7 Å². The second kappa shape index (κ2) is 14.1. The number of benzene rings is 3. The van der Waals surface area contributed by atoms with E-state index in [4.69, 9.17) is 0 Å². The Hall–Kier alpha value is -4.38. The number of nitrogens with one attached hydrogen (secondary N) is 2. The molecule has 0 radical (unpaired) electrons. The molecule has 0 bridgehead atoms. The highest BCUT2D eigenvalue weighted by molar-refractivity contribution is 5.94. The molecule has 0 spiro atoms. The molecule has 0 saturated carbocycles. The van der Waals surface area contributed by atoms with Crippen LogP contribution in [0.5, 0.6) is 0 Å². The number of halogens is 2. The van der Waals surface area contributed by atoms with Gasteiger partial charge in [0.1, 0.15) is 11.6 Å². The van der Waals surface area contributed by atoms with E-state index in [9.17, 15) is 18.7 Å². The minimum Gasteiger partial charge on any atom is -0.390 e. The van der Waals surface area contributed by atoms with E-state index in [1.807, 2.05) is 42.5 Å². The summed E-state index contributed by atoms with van der Waals surface area (Å²) in [7, 11) is 0. The van der Waals surface area contributed by atoms with Crippen molar-refractivity contribution in [3.8, 4) is 11.8 Å². The predicted molar refractivity (Wildman–Crippen MR) is 152 cm³/mol. The summed E-state index contributed by atoms with van der Waals surface area (Å²) in [4.78, 5) is 17.3. The van der Waals surface area contributed by atoms with Gasteiger partial charge < -0.3 is 15.7 Å². The van der Waals surface area contributed by atoms with Crippen LogP contribution in [0.2, 0.25) is 0 Å². The first-order valence-corrected chi connectivity index (χ1v) is 13.1. The standard InChI is InChI=1S/C33H31F2N3O2/c1-2-23-9-6-10-25(13-23)19-37-22-32(39)31(17-27-15-29(34)18-30(35)16-27)38-33(40)28-14-26(20-36-21-28)12-11-24-7-4-3-5-8-24/h3-10,13-16,18,20-21,31-32,37,39H,2,17,19,22H2,1H3,(H,38,40)/t31-,32+/m1/s1. The number of carbonyl (C=O) groups is 1. The molecule has 0 aliphatic heterocycles. The third-order valence-corrected chi connectivity index (χ3v) is 6.37. The van der Waals surface area contributed by atoms with Crippen molar-refractivity contribution in [3.63, 3.8) is 0 Å². The van der Waals surface area contributed by atoms with Crippen LogP contribution < -0.4 is 10.6 Å². The Bertz CT molecular complexity index is 1480. The minimum atomic E-state index is -1.04. The van der Waals surface area contributed by atoms with Crippen molar-refractivity contribution in [2.45, 2.75) is 38.5 Å². The molecule has 1 heterocycles. The van der Waals surface area contributed by atoms with Crippen molar-refractivity contribution >= 4 is 5.91 Å². The minimum absolute atomic E-state index is 0.0233. The highest BCUT2D eigenvalue weighted by Gasteiger charge is 2.23. The molecular formula is C33H31F2N3O2. The predicted octanol–water partition coefficient (Wildman–Crippen LogP) is 4.81. The summed E-state index contributed by atoms with van der Waals surface area (Å²) in [6, 6.07) is 21.5. The summed E-state index contributed by atoms with van der Waals surface area (Å²) in [5.74, 6) is 4.10. The van der Waals surface area contributed by atoms with Crippen LogP contribution in [0.4, 0.5) is 8.78 Å². The molecule has 1 aromatic heterocycles. The molecule has 204 valence electrons. The van der Waals surface area contributed by atoms with Gasteiger partial charge in [-0.25, -0.2) is 8.78 Å². The highest BCUT2D eigenvalue weighted by Crippen LogP contribution is 2.13. The molecule has 0 fully saturated rings. The van der Waals surface area contributed by atoms with E-state index in [-0.39, 0.29) is 18.5 Å². The van der Waals surface area contributed by atoms with Crippen molar-refractivity contribution in [1.29, 1.82) is 0 Å². The van der Waals surface area contributed by atoms with E-state index in [0.29, 0.717) is 17.7 Å². The van der Waals surface area contributed by atoms with Crippen LogP contribution in [0.1, 0.15) is 45.1 Å². The zero-order chi connectivity index (χ0) is 28.3. The van der Waals surface area contributed by atoms with Gasteiger partial charge in [-0.15, -0.1) is 0 Å². The monoisotopic (exact) mass is 539 g/mol. The van der Waals surface area contributed by atoms with E-state index >= 15 is 0 Å². The number of carbonyl (C=O) groups excluding carboxylic acids is 1. The van der Waals surface area contributed by atoms with Gasteiger partial charge in [-0.05, 0) is 59.9 Å². The summed E-state index contributed by atoms with van der Waals surface area (Å²) in [5, 5.41) is 17.1. The molecule has 0 aliphatic carbocycles. The lowest BCUT2D eigenvalue weighted by atomic mass is 10.00. The number of pyridine rings is 1. The lowest BCUT2D eigenvalue weighted by Crippen LogP contribution is -2.48. The normalized spacial score (nSPS) is 12.2. The van der Waals surface area contributed by atoms with E-state index in [0.717, 1.165) is 23.6 Å². The van der Waals surface area contributed by atoms with Crippen LogP contribution in [0.25, 0.3) is 0 Å². The average Bonchev–Trinajstić information content (AvgIpc) is 2.96.